The molecule has 1 N–H and O–H groups in total. The molecule has 0 spiro atoms. The molecule has 0 saturated carbocycles. The average Bonchev–Trinajstić information content (AvgIpc) is 2.48. The first-order valence-electron chi connectivity index (χ1n) is 5.69. The summed E-state index contributed by atoms with van der Waals surface area (Å²) in [6, 6.07) is 18.0. The zero-order valence-electron chi connectivity index (χ0n) is 10.3. The predicted octanol–water partition coefficient (Wildman–Crippen LogP) is 3.28. The fraction of sp³-hybridized carbons (Fsp3) is 0. The van der Waals surface area contributed by atoms with Gasteiger partial charge in [-0.1, -0.05) is 54.6 Å². The van der Waals surface area contributed by atoms with Crippen molar-refractivity contribution < 1.29 is 14.7 Å². The van der Waals surface area contributed by atoms with Crippen LogP contribution in [0.1, 0.15) is 15.9 Å². The Morgan fingerprint density at radius 1 is 0.895 bits per heavy atom. The van der Waals surface area contributed by atoms with Crippen LogP contribution in [0, 0.1) is 0 Å². The summed E-state index contributed by atoms with van der Waals surface area (Å²) in [5.74, 6) is -0.879. The third-order valence-corrected chi connectivity index (χ3v) is 2.19. The second-order valence-corrected chi connectivity index (χ2v) is 3.58. The van der Waals surface area contributed by atoms with Gasteiger partial charge in [0.15, 0.2) is 0 Å². The van der Waals surface area contributed by atoms with Crippen LogP contribution in [0.3, 0.4) is 0 Å². The summed E-state index contributed by atoms with van der Waals surface area (Å²) >= 11 is 0. The summed E-state index contributed by atoms with van der Waals surface area (Å²) in [5.41, 5.74) is 1.38. The van der Waals surface area contributed by atoms with Crippen LogP contribution in [0.5, 0.6) is 0 Å². The minimum Gasteiger partial charge on any atom is -0.478 e. The molecule has 0 aliphatic heterocycles. The number of benzene rings is 2. The van der Waals surface area contributed by atoms with Gasteiger partial charge in [0.05, 0.1) is 5.56 Å². The third-order valence-electron chi connectivity index (χ3n) is 2.19. The lowest BCUT2D eigenvalue weighted by Crippen LogP contribution is -1.93. The van der Waals surface area contributed by atoms with Gasteiger partial charge < -0.3 is 5.11 Å². The van der Waals surface area contributed by atoms with E-state index in [-0.39, 0.29) is 0 Å². The van der Waals surface area contributed by atoms with Crippen LogP contribution in [0.15, 0.2) is 66.7 Å². The quantitative estimate of drug-likeness (QED) is 0.675. The lowest BCUT2D eigenvalue weighted by molar-refractivity contribution is -0.104. The van der Waals surface area contributed by atoms with Crippen molar-refractivity contribution in [3.63, 3.8) is 0 Å². The van der Waals surface area contributed by atoms with Gasteiger partial charge in [-0.15, -0.1) is 0 Å². The zero-order valence-corrected chi connectivity index (χ0v) is 10.3. The lowest BCUT2D eigenvalue weighted by Gasteiger charge is -1.88. The van der Waals surface area contributed by atoms with Crippen molar-refractivity contribution in [1.82, 2.24) is 0 Å². The molecule has 19 heavy (non-hydrogen) atoms. The summed E-state index contributed by atoms with van der Waals surface area (Å²) in [5, 5.41) is 8.38. The molecular formula is C16H14O3. The molecule has 0 fully saturated rings. The lowest BCUT2D eigenvalue weighted by atomic mass is 10.2. The molecule has 2 rings (SSSR count). The fourth-order valence-electron chi connectivity index (χ4n) is 1.30. The molecule has 3 heteroatoms. The molecule has 2 aromatic carbocycles. The van der Waals surface area contributed by atoms with Gasteiger partial charge in [0.25, 0.3) is 0 Å². The van der Waals surface area contributed by atoms with Gasteiger partial charge in [0.1, 0.15) is 6.29 Å². The van der Waals surface area contributed by atoms with E-state index in [2.05, 4.69) is 0 Å². The number of aldehydes is 1. The van der Waals surface area contributed by atoms with Crippen LogP contribution in [-0.2, 0) is 4.79 Å². The highest BCUT2D eigenvalue weighted by Gasteiger charge is 1.96. The number of allylic oxidation sites excluding steroid dienone is 1. The van der Waals surface area contributed by atoms with E-state index in [1.807, 2.05) is 30.3 Å². The molecule has 0 heterocycles. The Kier molecular flexibility index (Phi) is 6.37. The number of carbonyl (C=O) groups excluding carboxylic acids is 1. The van der Waals surface area contributed by atoms with Crippen LogP contribution in [-0.4, -0.2) is 17.4 Å². The topological polar surface area (TPSA) is 54.4 Å². The second kappa shape index (κ2) is 8.42. The van der Waals surface area contributed by atoms with Gasteiger partial charge in [0.2, 0.25) is 0 Å². The van der Waals surface area contributed by atoms with E-state index in [1.165, 1.54) is 6.08 Å². The van der Waals surface area contributed by atoms with Gasteiger partial charge >= 0.3 is 5.97 Å². The van der Waals surface area contributed by atoms with E-state index in [1.54, 1.807) is 36.4 Å². The molecule has 0 bridgehead atoms. The van der Waals surface area contributed by atoms with Crippen LogP contribution >= 0.6 is 0 Å². The average molecular weight is 254 g/mol. The Hall–Kier alpha value is -2.68. The zero-order chi connectivity index (χ0) is 13.9. The van der Waals surface area contributed by atoms with E-state index in [4.69, 9.17) is 5.11 Å². The molecule has 0 aromatic heterocycles. The molecule has 0 radical (unpaired) electrons. The molecule has 2 aromatic rings. The normalized spacial score (nSPS) is 9.47. The van der Waals surface area contributed by atoms with Crippen molar-refractivity contribution in [3.05, 3.63) is 77.9 Å². The summed E-state index contributed by atoms with van der Waals surface area (Å²) in [7, 11) is 0. The van der Waals surface area contributed by atoms with E-state index in [9.17, 15) is 9.59 Å². The van der Waals surface area contributed by atoms with Crippen molar-refractivity contribution >= 4 is 18.3 Å². The molecule has 0 aliphatic rings. The van der Waals surface area contributed by atoms with Gasteiger partial charge in [0, 0.05) is 0 Å². The van der Waals surface area contributed by atoms with Crippen LogP contribution in [0.4, 0.5) is 0 Å². The Labute approximate surface area is 111 Å². The van der Waals surface area contributed by atoms with Gasteiger partial charge in [-0.2, -0.15) is 0 Å². The van der Waals surface area contributed by atoms with Gasteiger partial charge in [-0.25, -0.2) is 4.79 Å². The first-order chi connectivity index (χ1) is 9.24. The monoisotopic (exact) mass is 254 g/mol. The van der Waals surface area contributed by atoms with Crippen LogP contribution < -0.4 is 0 Å². The standard InChI is InChI=1S/C9H8O.C7H6O2/c10-8-4-7-9-5-2-1-3-6-9;8-7(9)6-4-2-1-3-5-6/h1-8H;1-5H,(H,8,9). The summed E-state index contributed by atoms with van der Waals surface area (Å²) < 4.78 is 0. The number of aromatic carboxylic acids is 1. The largest absolute Gasteiger partial charge is 0.478 e. The summed E-state index contributed by atoms with van der Waals surface area (Å²) in [6.07, 6.45) is 4.02. The molecule has 96 valence electrons. The van der Waals surface area contributed by atoms with Crippen molar-refractivity contribution in [2.45, 2.75) is 0 Å². The Balaban J connectivity index is 0.000000191. The summed E-state index contributed by atoms with van der Waals surface area (Å²) in [6.45, 7) is 0. The number of carboxylic acid groups (broad SMARTS) is 1. The maximum absolute atomic E-state index is 10.2. The highest BCUT2D eigenvalue weighted by Crippen LogP contribution is 1.99. The maximum atomic E-state index is 10.2. The fourth-order valence-corrected chi connectivity index (χ4v) is 1.30. The number of hydrogen-bond acceptors (Lipinski definition) is 2. The second-order valence-electron chi connectivity index (χ2n) is 3.58. The molecular weight excluding hydrogens is 240 g/mol. The molecule has 0 amide bonds. The van der Waals surface area contributed by atoms with Crippen LogP contribution in [0.25, 0.3) is 6.08 Å². The van der Waals surface area contributed by atoms with Crippen molar-refractivity contribution in [2.24, 2.45) is 0 Å². The number of rotatable bonds is 3. The van der Waals surface area contributed by atoms with Crippen molar-refractivity contribution in [1.29, 1.82) is 0 Å². The number of carboxylic acids is 1. The third kappa shape index (κ3) is 5.98. The van der Waals surface area contributed by atoms with Gasteiger partial charge in [-0.05, 0) is 23.8 Å². The SMILES string of the molecule is O=C(O)c1ccccc1.O=CC=Cc1ccccc1. The Morgan fingerprint density at radius 2 is 1.42 bits per heavy atom. The predicted molar refractivity (Wildman–Crippen MR) is 74.9 cm³/mol. The van der Waals surface area contributed by atoms with Gasteiger partial charge in [-0.3, -0.25) is 4.79 Å². The Bertz CT molecular complexity index is 530. The highest BCUT2D eigenvalue weighted by atomic mass is 16.4. The highest BCUT2D eigenvalue weighted by molar-refractivity contribution is 5.87. The molecule has 0 unspecified atom stereocenters. The molecule has 3 nitrogen and oxygen atoms in total. The minimum atomic E-state index is -0.879. The first-order valence-corrected chi connectivity index (χ1v) is 5.69. The minimum absolute atomic E-state index is 0.331. The maximum Gasteiger partial charge on any atom is 0.335 e. The molecule has 0 atom stereocenters. The smallest absolute Gasteiger partial charge is 0.335 e. The van der Waals surface area contributed by atoms with Crippen LogP contribution in [0.2, 0.25) is 0 Å². The van der Waals surface area contributed by atoms with E-state index in [0.29, 0.717) is 5.56 Å². The number of hydrogen-bond donors (Lipinski definition) is 1. The van der Waals surface area contributed by atoms with E-state index in [0.717, 1.165) is 11.8 Å². The first kappa shape index (κ1) is 14.4. The number of carbonyl (C=O) groups is 2. The molecule has 0 saturated heterocycles. The van der Waals surface area contributed by atoms with Crippen molar-refractivity contribution in [2.75, 3.05) is 0 Å². The summed E-state index contributed by atoms with van der Waals surface area (Å²) in [4.78, 5) is 20.1. The van der Waals surface area contributed by atoms with E-state index < -0.39 is 5.97 Å². The Morgan fingerprint density at radius 3 is 1.84 bits per heavy atom. The van der Waals surface area contributed by atoms with E-state index >= 15 is 0 Å². The van der Waals surface area contributed by atoms with Crippen molar-refractivity contribution in [3.8, 4) is 0 Å². The molecule has 0 aliphatic carbocycles.